The van der Waals surface area contributed by atoms with Crippen molar-refractivity contribution in [3.05, 3.63) is 0 Å². The quantitative estimate of drug-likeness (QED) is 0.795. The lowest BCUT2D eigenvalue weighted by Gasteiger charge is -2.19. The van der Waals surface area contributed by atoms with Crippen LogP contribution in [-0.4, -0.2) is 23.0 Å². The molecule has 4 heteroatoms. The number of amides is 1. The average Bonchev–Trinajstić information content (AvgIpc) is 2.74. The fraction of sp³-hybridized carbons (Fsp3) is 0.857. The van der Waals surface area contributed by atoms with Gasteiger partial charge in [-0.1, -0.05) is 13.8 Å². The third-order valence-electron chi connectivity index (χ3n) is 5.27. The fourth-order valence-electron chi connectivity index (χ4n) is 4.44. The van der Waals surface area contributed by atoms with Crippen LogP contribution in [0.25, 0.3) is 0 Å². The van der Waals surface area contributed by atoms with Crippen LogP contribution < -0.4 is 5.32 Å². The molecule has 0 spiro atoms. The molecule has 3 rings (SSSR count). The van der Waals surface area contributed by atoms with Crippen molar-refractivity contribution in [2.75, 3.05) is 0 Å². The van der Waals surface area contributed by atoms with Gasteiger partial charge in [0, 0.05) is 5.92 Å². The molecule has 3 aliphatic carbocycles. The van der Waals surface area contributed by atoms with Crippen molar-refractivity contribution < 1.29 is 14.7 Å². The molecule has 4 nitrogen and oxygen atoms in total. The molecule has 3 aliphatic rings. The number of hydrogen-bond acceptors (Lipinski definition) is 2. The van der Waals surface area contributed by atoms with Gasteiger partial charge in [0.15, 0.2) is 0 Å². The van der Waals surface area contributed by atoms with Crippen LogP contribution in [0.3, 0.4) is 0 Å². The van der Waals surface area contributed by atoms with Crippen LogP contribution in [0.4, 0.5) is 0 Å². The van der Waals surface area contributed by atoms with Gasteiger partial charge in [-0.25, -0.2) is 4.79 Å². The minimum atomic E-state index is -0.924. The van der Waals surface area contributed by atoms with Crippen molar-refractivity contribution >= 4 is 11.9 Å². The molecule has 1 amide bonds. The third kappa shape index (κ3) is 1.65. The van der Waals surface area contributed by atoms with Crippen LogP contribution in [0.1, 0.15) is 33.1 Å². The molecule has 0 radical (unpaired) electrons. The number of fused-ring (bicyclic) bond motifs is 5. The van der Waals surface area contributed by atoms with Gasteiger partial charge in [0.2, 0.25) is 5.91 Å². The number of nitrogens with one attached hydrogen (secondary N) is 1. The number of rotatable bonds is 4. The monoisotopic (exact) mass is 251 g/mol. The Bertz CT molecular complexity index is 377. The first-order valence-electron chi connectivity index (χ1n) is 7.04. The SMILES string of the molecule is CC(C)[C@H](NC(=O)C1C2C3CCC(C3)C12)C(=O)O. The van der Waals surface area contributed by atoms with E-state index in [1.54, 1.807) is 0 Å². The Hall–Kier alpha value is -1.06. The minimum Gasteiger partial charge on any atom is -0.480 e. The van der Waals surface area contributed by atoms with Crippen LogP contribution in [0, 0.1) is 35.5 Å². The zero-order valence-electron chi connectivity index (χ0n) is 10.9. The lowest BCUT2D eigenvalue weighted by molar-refractivity contribution is -0.143. The highest BCUT2D eigenvalue weighted by Crippen LogP contribution is 2.69. The normalized spacial score (nSPS) is 41.6. The summed E-state index contributed by atoms with van der Waals surface area (Å²) in [6.07, 6.45) is 3.87. The molecule has 0 aromatic heterocycles. The molecule has 0 aromatic rings. The molecule has 2 N–H and O–H groups in total. The van der Waals surface area contributed by atoms with Crippen LogP contribution in [0.15, 0.2) is 0 Å². The Labute approximate surface area is 107 Å². The first-order valence-corrected chi connectivity index (χ1v) is 7.04. The number of carbonyl (C=O) groups is 2. The van der Waals surface area contributed by atoms with E-state index in [4.69, 9.17) is 5.11 Å². The Morgan fingerprint density at radius 2 is 1.72 bits per heavy atom. The van der Waals surface area contributed by atoms with Gasteiger partial charge in [-0.15, -0.1) is 0 Å². The predicted molar refractivity (Wildman–Crippen MR) is 65.7 cm³/mol. The molecule has 2 bridgehead atoms. The predicted octanol–water partition coefficient (Wildman–Crippen LogP) is 1.50. The summed E-state index contributed by atoms with van der Waals surface area (Å²) in [4.78, 5) is 23.3. The maximum Gasteiger partial charge on any atom is 0.326 e. The summed E-state index contributed by atoms with van der Waals surface area (Å²) < 4.78 is 0. The molecular weight excluding hydrogens is 230 g/mol. The van der Waals surface area contributed by atoms with Crippen molar-refractivity contribution in [3.8, 4) is 0 Å². The first kappa shape index (κ1) is 12.0. The zero-order chi connectivity index (χ0) is 13.0. The fourth-order valence-corrected chi connectivity index (χ4v) is 4.44. The van der Waals surface area contributed by atoms with Crippen molar-refractivity contribution in [2.45, 2.75) is 39.2 Å². The molecule has 100 valence electrons. The van der Waals surface area contributed by atoms with Gasteiger partial charge in [0.1, 0.15) is 6.04 Å². The Kier molecular flexibility index (Phi) is 2.65. The first-order chi connectivity index (χ1) is 8.50. The Morgan fingerprint density at radius 1 is 1.17 bits per heavy atom. The molecule has 18 heavy (non-hydrogen) atoms. The van der Waals surface area contributed by atoms with Gasteiger partial charge < -0.3 is 10.4 Å². The number of aliphatic carboxylic acids is 1. The average molecular weight is 251 g/mol. The highest BCUT2D eigenvalue weighted by Gasteiger charge is 2.67. The second-order valence-corrected chi connectivity index (χ2v) is 6.58. The van der Waals surface area contributed by atoms with E-state index in [1.165, 1.54) is 19.3 Å². The number of carbonyl (C=O) groups excluding carboxylic acids is 1. The molecule has 0 aromatic carbocycles. The summed E-state index contributed by atoms with van der Waals surface area (Å²) in [5, 5.41) is 11.8. The van der Waals surface area contributed by atoms with Crippen LogP contribution in [0.5, 0.6) is 0 Å². The van der Waals surface area contributed by atoms with Crippen molar-refractivity contribution in [2.24, 2.45) is 35.5 Å². The van der Waals surface area contributed by atoms with Gasteiger partial charge in [0.05, 0.1) is 0 Å². The van der Waals surface area contributed by atoms with E-state index in [0.29, 0.717) is 11.8 Å². The van der Waals surface area contributed by atoms with Crippen molar-refractivity contribution in [1.29, 1.82) is 0 Å². The Balaban J connectivity index is 1.62. The largest absolute Gasteiger partial charge is 0.480 e. The standard InChI is InChI=1S/C14H21NO3/c1-6(2)12(14(17)18)15-13(16)11-9-7-3-4-8(5-7)10(9)11/h6-12H,3-5H2,1-2H3,(H,15,16)(H,17,18)/t7?,8?,9?,10?,11?,12-/m0/s1. The maximum atomic E-state index is 12.2. The van der Waals surface area contributed by atoms with Crippen molar-refractivity contribution in [3.63, 3.8) is 0 Å². The summed E-state index contributed by atoms with van der Waals surface area (Å²) in [7, 11) is 0. The van der Waals surface area contributed by atoms with Crippen LogP contribution >= 0.6 is 0 Å². The topological polar surface area (TPSA) is 66.4 Å². The molecule has 0 aliphatic heterocycles. The van der Waals surface area contributed by atoms with E-state index < -0.39 is 12.0 Å². The summed E-state index contributed by atoms with van der Waals surface area (Å²) in [6.45, 7) is 3.66. The molecular formula is C14H21NO3. The number of hydrogen-bond donors (Lipinski definition) is 2. The summed E-state index contributed by atoms with van der Waals surface area (Å²) in [5.74, 6) is 1.76. The van der Waals surface area contributed by atoms with Gasteiger partial charge in [-0.3, -0.25) is 4.79 Å². The van der Waals surface area contributed by atoms with E-state index in [0.717, 1.165) is 11.8 Å². The number of carboxylic acids is 1. The molecule has 5 atom stereocenters. The van der Waals surface area contributed by atoms with E-state index >= 15 is 0 Å². The van der Waals surface area contributed by atoms with Gasteiger partial charge in [0.25, 0.3) is 0 Å². The maximum absolute atomic E-state index is 12.2. The molecule has 0 saturated heterocycles. The Morgan fingerprint density at radius 3 is 2.17 bits per heavy atom. The summed E-state index contributed by atoms with van der Waals surface area (Å²) in [5.41, 5.74) is 0. The molecule has 3 fully saturated rings. The van der Waals surface area contributed by atoms with Crippen molar-refractivity contribution in [1.82, 2.24) is 5.32 Å². The molecule has 3 saturated carbocycles. The van der Waals surface area contributed by atoms with Crippen LogP contribution in [-0.2, 0) is 9.59 Å². The minimum absolute atomic E-state index is 0.0114. The molecule has 4 unspecified atom stereocenters. The van der Waals surface area contributed by atoms with E-state index in [2.05, 4.69) is 5.32 Å². The van der Waals surface area contributed by atoms with E-state index in [9.17, 15) is 9.59 Å². The van der Waals surface area contributed by atoms with Gasteiger partial charge >= 0.3 is 5.97 Å². The second kappa shape index (κ2) is 3.97. The second-order valence-electron chi connectivity index (χ2n) is 6.58. The zero-order valence-corrected chi connectivity index (χ0v) is 10.9. The third-order valence-corrected chi connectivity index (χ3v) is 5.27. The lowest BCUT2D eigenvalue weighted by atomic mass is 10.0. The lowest BCUT2D eigenvalue weighted by Crippen LogP contribution is -2.45. The summed E-state index contributed by atoms with van der Waals surface area (Å²) >= 11 is 0. The summed E-state index contributed by atoms with van der Waals surface area (Å²) in [6, 6.07) is -0.739. The van der Waals surface area contributed by atoms with E-state index in [-0.39, 0.29) is 17.7 Å². The highest BCUT2D eigenvalue weighted by atomic mass is 16.4. The van der Waals surface area contributed by atoms with E-state index in [1.807, 2.05) is 13.8 Å². The smallest absolute Gasteiger partial charge is 0.326 e. The number of carboxylic acid groups (broad SMARTS) is 1. The van der Waals surface area contributed by atoms with Gasteiger partial charge in [-0.05, 0) is 48.9 Å². The molecule has 0 heterocycles. The van der Waals surface area contributed by atoms with Gasteiger partial charge in [-0.2, -0.15) is 0 Å². The van der Waals surface area contributed by atoms with Crippen LogP contribution in [0.2, 0.25) is 0 Å². The highest BCUT2D eigenvalue weighted by molar-refractivity contribution is 5.87.